The fraction of sp³-hybridized carbons (Fsp3) is 0.538. The Balaban J connectivity index is 2.31. The quantitative estimate of drug-likeness (QED) is 0.616. The Morgan fingerprint density at radius 3 is 2.38 bits per heavy atom. The second kappa shape index (κ2) is 5.49. The van der Waals surface area contributed by atoms with E-state index in [-0.39, 0.29) is 6.61 Å². The van der Waals surface area contributed by atoms with Crippen LogP contribution in [0, 0.1) is 0 Å². The van der Waals surface area contributed by atoms with Crippen LogP contribution in [0.15, 0.2) is 24.3 Å². The second-order valence-corrected chi connectivity index (χ2v) is 4.57. The van der Waals surface area contributed by atoms with Gasteiger partial charge in [0.05, 0.1) is 5.56 Å². The van der Waals surface area contributed by atoms with E-state index in [1.165, 1.54) is 0 Å². The van der Waals surface area contributed by atoms with Crippen molar-refractivity contribution in [2.45, 2.75) is 37.6 Å². The van der Waals surface area contributed by atoms with Crippen LogP contribution in [0.25, 0.3) is 0 Å². The van der Waals surface area contributed by atoms with E-state index in [1.54, 1.807) is 6.92 Å². The van der Waals surface area contributed by atoms with E-state index >= 15 is 0 Å². The first-order valence-corrected chi connectivity index (χ1v) is 6.15. The molecule has 2 nitrogen and oxygen atoms in total. The van der Waals surface area contributed by atoms with Gasteiger partial charge in [-0.25, -0.2) is 0 Å². The van der Waals surface area contributed by atoms with Crippen molar-refractivity contribution in [1.29, 1.82) is 0 Å². The molecule has 1 fully saturated rings. The van der Waals surface area contributed by atoms with Crippen molar-refractivity contribution < 1.29 is 35.8 Å². The van der Waals surface area contributed by atoms with E-state index in [9.17, 15) is 26.3 Å². The van der Waals surface area contributed by atoms with Gasteiger partial charge in [-0.2, -0.15) is 26.3 Å². The molecule has 0 aliphatic carbocycles. The van der Waals surface area contributed by atoms with Crippen molar-refractivity contribution in [2.75, 3.05) is 6.61 Å². The third-order valence-electron chi connectivity index (χ3n) is 3.07. The number of alkyl halides is 6. The van der Waals surface area contributed by atoms with E-state index in [0.29, 0.717) is 6.07 Å². The number of rotatable bonds is 4. The largest absolute Gasteiger partial charge is 0.416 e. The summed E-state index contributed by atoms with van der Waals surface area (Å²) in [5, 5.41) is 0. The molecule has 0 saturated carbocycles. The Hall–Kier alpha value is -1.28. The van der Waals surface area contributed by atoms with Gasteiger partial charge in [-0.1, -0.05) is 18.2 Å². The summed E-state index contributed by atoms with van der Waals surface area (Å²) in [6.45, 7) is 1.75. The smallest absolute Gasteiger partial charge is 0.350 e. The van der Waals surface area contributed by atoms with Crippen LogP contribution in [-0.4, -0.2) is 25.2 Å². The number of ether oxygens (including phenoxy) is 2. The van der Waals surface area contributed by atoms with Gasteiger partial charge in [0.2, 0.25) is 0 Å². The summed E-state index contributed by atoms with van der Waals surface area (Å²) in [7, 11) is 0. The average Bonchev–Trinajstić information content (AvgIpc) is 3.06. The summed E-state index contributed by atoms with van der Waals surface area (Å²) in [5.41, 5.74) is -1.60. The zero-order chi connectivity index (χ0) is 15.8. The number of halogens is 6. The number of epoxide rings is 1. The first kappa shape index (κ1) is 16.1. The summed E-state index contributed by atoms with van der Waals surface area (Å²) >= 11 is 0. The maximum absolute atomic E-state index is 13.1. The predicted octanol–water partition coefficient (Wildman–Crippen LogP) is 4.11. The lowest BCUT2D eigenvalue weighted by atomic mass is 9.93. The lowest BCUT2D eigenvalue weighted by molar-refractivity contribution is -0.156. The van der Waals surface area contributed by atoms with E-state index < -0.39 is 41.8 Å². The van der Waals surface area contributed by atoms with Crippen LogP contribution in [0.2, 0.25) is 0 Å². The molecule has 0 aromatic heterocycles. The first-order chi connectivity index (χ1) is 9.64. The highest BCUT2D eigenvalue weighted by Crippen LogP contribution is 2.47. The fourth-order valence-corrected chi connectivity index (χ4v) is 2.12. The standard InChI is InChI=1S/C13H12F6O2/c1-2-20-11-10(21-11)9(13(17,18)19)7-4-3-5-8(6-7)12(14,15)16/h3-6,9-11H,2H2,1H3. The third kappa shape index (κ3) is 3.68. The predicted molar refractivity (Wildman–Crippen MR) is 60.5 cm³/mol. The monoisotopic (exact) mass is 314 g/mol. The SMILES string of the molecule is CCOC1OC1C(c1cccc(C(F)(F)F)c1)C(F)(F)F. The highest BCUT2D eigenvalue weighted by atomic mass is 19.4. The lowest BCUT2D eigenvalue weighted by Crippen LogP contribution is -2.27. The Kier molecular flexibility index (Phi) is 4.21. The third-order valence-corrected chi connectivity index (χ3v) is 3.07. The minimum atomic E-state index is -4.72. The molecule has 0 radical (unpaired) electrons. The van der Waals surface area contributed by atoms with Gasteiger partial charge in [-0.3, -0.25) is 0 Å². The molecule has 8 heteroatoms. The summed E-state index contributed by atoms with van der Waals surface area (Å²) < 4.78 is 86.9. The maximum Gasteiger partial charge on any atom is 0.416 e. The second-order valence-electron chi connectivity index (χ2n) is 4.57. The molecule has 1 heterocycles. The summed E-state index contributed by atoms with van der Waals surface area (Å²) in [4.78, 5) is 0. The van der Waals surface area contributed by atoms with E-state index in [1.807, 2.05) is 0 Å². The van der Waals surface area contributed by atoms with Gasteiger partial charge in [-0.05, 0) is 18.6 Å². The van der Waals surface area contributed by atoms with Crippen LogP contribution in [0.3, 0.4) is 0 Å². The molecule has 2 rings (SSSR count). The number of hydrogen-bond donors (Lipinski definition) is 0. The molecule has 1 aromatic carbocycles. The van der Waals surface area contributed by atoms with E-state index in [0.717, 1.165) is 18.2 Å². The Morgan fingerprint density at radius 1 is 1.19 bits per heavy atom. The van der Waals surface area contributed by atoms with Crippen LogP contribution in [0.1, 0.15) is 24.0 Å². The Bertz CT molecular complexity index is 496. The van der Waals surface area contributed by atoms with Gasteiger partial charge in [0.15, 0.2) is 6.29 Å². The maximum atomic E-state index is 13.1. The van der Waals surface area contributed by atoms with Gasteiger partial charge in [0.1, 0.15) is 12.0 Å². The number of hydrogen-bond acceptors (Lipinski definition) is 2. The van der Waals surface area contributed by atoms with Crippen LogP contribution >= 0.6 is 0 Å². The van der Waals surface area contributed by atoms with Crippen molar-refractivity contribution in [3.05, 3.63) is 35.4 Å². The molecule has 1 saturated heterocycles. The summed E-state index contributed by atoms with van der Waals surface area (Å²) in [6.07, 6.45) is -11.8. The van der Waals surface area contributed by atoms with Crippen molar-refractivity contribution in [3.8, 4) is 0 Å². The van der Waals surface area contributed by atoms with Gasteiger partial charge in [0.25, 0.3) is 0 Å². The van der Waals surface area contributed by atoms with Crippen LogP contribution in [-0.2, 0) is 15.7 Å². The zero-order valence-electron chi connectivity index (χ0n) is 10.8. The van der Waals surface area contributed by atoms with Crippen molar-refractivity contribution in [3.63, 3.8) is 0 Å². The average molecular weight is 314 g/mol. The van der Waals surface area contributed by atoms with Gasteiger partial charge >= 0.3 is 12.4 Å². The molecule has 0 N–H and O–H groups in total. The van der Waals surface area contributed by atoms with Crippen molar-refractivity contribution in [1.82, 2.24) is 0 Å². The molecule has 1 aliphatic heterocycles. The Morgan fingerprint density at radius 2 is 1.86 bits per heavy atom. The molecular weight excluding hydrogens is 302 g/mol. The molecule has 0 spiro atoms. The minimum Gasteiger partial charge on any atom is -0.350 e. The molecule has 3 atom stereocenters. The highest BCUT2D eigenvalue weighted by Gasteiger charge is 2.57. The van der Waals surface area contributed by atoms with Crippen LogP contribution < -0.4 is 0 Å². The zero-order valence-corrected chi connectivity index (χ0v) is 10.8. The van der Waals surface area contributed by atoms with Gasteiger partial charge in [0, 0.05) is 6.61 Å². The molecule has 1 aromatic rings. The van der Waals surface area contributed by atoms with E-state index in [2.05, 4.69) is 0 Å². The molecule has 21 heavy (non-hydrogen) atoms. The molecule has 0 amide bonds. The topological polar surface area (TPSA) is 21.8 Å². The van der Waals surface area contributed by atoms with Crippen molar-refractivity contribution >= 4 is 0 Å². The number of benzene rings is 1. The molecule has 118 valence electrons. The van der Waals surface area contributed by atoms with Gasteiger partial charge < -0.3 is 9.47 Å². The molecule has 3 unspecified atom stereocenters. The van der Waals surface area contributed by atoms with Crippen LogP contribution in [0.5, 0.6) is 0 Å². The summed E-state index contributed by atoms with van der Waals surface area (Å²) in [5.74, 6) is -2.14. The minimum absolute atomic E-state index is 0.161. The normalized spacial score (nSPS) is 24.0. The van der Waals surface area contributed by atoms with E-state index in [4.69, 9.17) is 9.47 Å². The van der Waals surface area contributed by atoms with Gasteiger partial charge in [-0.15, -0.1) is 0 Å². The first-order valence-electron chi connectivity index (χ1n) is 6.15. The fourth-order valence-electron chi connectivity index (χ4n) is 2.12. The molecule has 0 bridgehead atoms. The molecular formula is C13H12F6O2. The van der Waals surface area contributed by atoms with Crippen molar-refractivity contribution in [2.24, 2.45) is 0 Å². The molecule has 1 aliphatic rings. The Labute approximate surface area is 116 Å². The highest BCUT2D eigenvalue weighted by molar-refractivity contribution is 5.31. The summed E-state index contributed by atoms with van der Waals surface area (Å²) in [6, 6.07) is 3.20. The van der Waals surface area contributed by atoms with Crippen LogP contribution in [0.4, 0.5) is 26.3 Å². The lowest BCUT2D eigenvalue weighted by Gasteiger charge is -2.20.